The number of aromatic nitrogens is 2. The van der Waals surface area contributed by atoms with Gasteiger partial charge in [-0.25, -0.2) is 4.79 Å². The Kier molecular flexibility index (Phi) is 4.94. The number of hydrogen-bond donors (Lipinski definition) is 1. The van der Waals surface area contributed by atoms with Gasteiger partial charge in [0.1, 0.15) is 6.10 Å². The highest BCUT2D eigenvalue weighted by molar-refractivity contribution is 5.74. The third-order valence-electron chi connectivity index (χ3n) is 4.22. The van der Waals surface area contributed by atoms with Crippen molar-refractivity contribution in [2.45, 2.75) is 31.9 Å². The van der Waals surface area contributed by atoms with Gasteiger partial charge >= 0.3 is 6.03 Å². The van der Waals surface area contributed by atoms with Crippen LogP contribution < -0.4 is 5.32 Å². The van der Waals surface area contributed by atoms with Gasteiger partial charge in [-0.05, 0) is 24.8 Å². The third-order valence-corrected chi connectivity index (χ3v) is 4.22. The number of rotatable bonds is 5. The molecule has 2 amide bonds. The molecule has 2 aliphatic heterocycles. The summed E-state index contributed by atoms with van der Waals surface area (Å²) in [6, 6.07) is 0.00652. The summed E-state index contributed by atoms with van der Waals surface area (Å²) in [6.45, 7) is 4.23. The minimum atomic E-state index is -0.154. The van der Waals surface area contributed by atoms with E-state index in [-0.39, 0.29) is 12.1 Å². The van der Waals surface area contributed by atoms with Crippen molar-refractivity contribution in [3.05, 3.63) is 17.5 Å². The van der Waals surface area contributed by atoms with Crippen LogP contribution in [0.4, 0.5) is 4.79 Å². The predicted molar refractivity (Wildman–Crippen MR) is 80.7 cm³/mol. The number of carbonyl (C=O) groups excluding carboxylic acids is 1. The average molecular weight is 308 g/mol. The van der Waals surface area contributed by atoms with Crippen LogP contribution in [0.3, 0.4) is 0 Å². The Morgan fingerprint density at radius 2 is 2.32 bits per heavy atom. The number of nitrogens with zero attached hydrogens (tertiary/aromatic N) is 3. The first-order valence-electron chi connectivity index (χ1n) is 7.97. The fraction of sp³-hybridized carbons (Fsp3) is 0.733. The molecule has 1 fully saturated rings. The molecule has 0 unspecified atom stereocenters. The van der Waals surface area contributed by atoms with Crippen LogP contribution in [0.2, 0.25) is 0 Å². The maximum Gasteiger partial charge on any atom is 0.317 e. The van der Waals surface area contributed by atoms with Crippen molar-refractivity contribution in [1.29, 1.82) is 0 Å². The largest absolute Gasteiger partial charge is 0.383 e. The van der Waals surface area contributed by atoms with Crippen LogP contribution in [0.15, 0.2) is 6.20 Å². The van der Waals surface area contributed by atoms with Crippen LogP contribution in [-0.4, -0.2) is 60.7 Å². The summed E-state index contributed by atoms with van der Waals surface area (Å²) in [5.74, 6) is 0. The van der Waals surface area contributed by atoms with Crippen LogP contribution in [0.1, 0.15) is 30.2 Å². The predicted octanol–water partition coefficient (Wildman–Crippen LogP) is 0.949. The van der Waals surface area contributed by atoms with Crippen molar-refractivity contribution >= 4 is 6.03 Å². The minimum absolute atomic E-state index is 0.00652. The lowest BCUT2D eigenvalue weighted by atomic mass is 10.1. The van der Waals surface area contributed by atoms with Gasteiger partial charge in [-0.1, -0.05) is 0 Å². The molecule has 22 heavy (non-hydrogen) atoms. The Balaban J connectivity index is 1.58. The van der Waals surface area contributed by atoms with E-state index >= 15 is 0 Å². The van der Waals surface area contributed by atoms with Gasteiger partial charge in [-0.2, -0.15) is 5.10 Å². The van der Waals surface area contributed by atoms with Gasteiger partial charge in [0.15, 0.2) is 0 Å². The number of hydrogen-bond acceptors (Lipinski definition) is 4. The average Bonchev–Trinajstić information content (AvgIpc) is 3.19. The smallest absolute Gasteiger partial charge is 0.317 e. The molecule has 0 bridgehead atoms. The molecule has 3 rings (SSSR count). The lowest BCUT2D eigenvalue weighted by Crippen LogP contribution is -2.40. The van der Waals surface area contributed by atoms with Crippen molar-refractivity contribution in [2.24, 2.45) is 0 Å². The summed E-state index contributed by atoms with van der Waals surface area (Å²) >= 11 is 0. The molecule has 3 heterocycles. The molecule has 2 aliphatic rings. The zero-order valence-corrected chi connectivity index (χ0v) is 13.1. The first kappa shape index (κ1) is 15.3. The number of amides is 2. The third kappa shape index (κ3) is 3.41. The summed E-state index contributed by atoms with van der Waals surface area (Å²) < 4.78 is 12.8. The van der Waals surface area contributed by atoms with Crippen molar-refractivity contribution in [3.63, 3.8) is 0 Å². The van der Waals surface area contributed by atoms with E-state index < -0.39 is 0 Å². The second-order valence-corrected chi connectivity index (χ2v) is 5.79. The van der Waals surface area contributed by atoms with Crippen molar-refractivity contribution in [3.8, 4) is 0 Å². The molecule has 1 N–H and O–H groups in total. The van der Waals surface area contributed by atoms with Crippen LogP contribution in [0.5, 0.6) is 0 Å². The Bertz CT molecular complexity index is 511. The second kappa shape index (κ2) is 7.11. The van der Waals surface area contributed by atoms with Crippen LogP contribution >= 0.6 is 0 Å². The molecule has 1 aromatic heterocycles. The molecule has 0 saturated carbocycles. The van der Waals surface area contributed by atoms with Gasteiger partial charge < -0.3 is 19.7 Å². The van der Waals surface area contributed by atoms with E-state index in [1.54, 1.807) is 7.11 Å². The van der Waals surface area contributed by atoms with Crippen molar-refractivity contribution in [2.75, 3.05) is 40.0 Å². The first-order valence-corrected chi connectivity index (χ1v) is 7.97. The van der Waals surface area contributed by atoms with Crippen molar-refractivity contribution in [1.82, 2.24) is 20.0 Å². The number of carbonyl (C=O) groups is 1. The molecule has 1 atom stereocenters. The van der Waals surface area contributed by atoms with E-state index in [1.165, 1.54) is 5.56 Å². The van der Waals surface area contributed by atoms with E-state index in [2.05, 4.69) is 16.6 Å². The molecule has 7 nitrogen and oxygen atoms in total. The lowest BCUT2D eigenvalue weighted by Gasteiger charge is -2.24. The first-order chi connectivity index (χ1) is 10.8. The molecule has 0 aliphatic carbocycles. The van der Waals surface area contributed by atoms with Crippen LogP contribution in [0.25, 0.3) is 0 Å². The highest BCUT2D eigenvalue weighted by Crippen LogP contribution is 2.25. The van der Waals surface area contributed by atoms with E-state index in [0.29, 0.717) is 19.8 Å². The normalized spacial score (nSPS) is 21.0. The topological polar surface area (TPSA) is 68.6 Å². The van der Waals surface area contributed by atoms with Gasteiger partial charge in [0, 0.05) is 26.4 Å². The van der Waals surface area contributed by atoms with E-state index in [0.717, 1.165) is 44.6 Å². The summed E-state index contributed by atoms with van der Waals surface area (Å²) in [4.78, 5) is 13.9. The highest BCUT2D eigenvalue weighted by Gasteiger charge is 2.26. The minimum Gasteiger partial charge on any atom is -0.383 e. The highest BCUT2D eigenvalue weighted by atomic mass is 16.5. The van der Waals surface area contributed by atoms with Crippen LogP contribution in [0, 0.1) is 0 Å². The number of likely N-dealkylation sites (tertiary alicyclic amines) is 1. The number of ether oxygens (including phenoxy) is 2. The number of methoxy groups -OCH3 is 1. The van der Waals surface area contributed by atoms with Gasteiger partial charge in [-0.15, -0.1) is 0 Å². The Morgan fingerprint density at radius 3 is 3.09 bits per heavy atom. The molecule has 122 valence electrons. The second-order valence-electron chi connectivity index (χ2n) is 5.79. The van der Waals surface area contributed by atoms with Crippen molar-refractivity contribution < 1.29 is 14.3 Å². The quantitative estimate of drug-likeness (QED) is 0.879. The molecule has 0 aromatic carbocycles. The fourth-order valence-electron chi connectivity index (χ4n) is 3.00. The molecule has 0 spiro atoms. The molecular weight excluding hydrogens is 284 g/mol. The molecule has 0 radical (unpaired) electrons. The monoisotopic (exact) mass is 308 g/mol. The van der Waals surface area contributed by atoms with E-state index in [4.69, 9.17) is 9.47 Å². The van der Waals surface area contributed by atoms with Crippen LogP contribution in [-0.2, 0) is 22.4 Å². The maximum absolute atomic E-state index is 12.1. The van der Waals surface area contributed by atoms with E-state index in [9.17, 15) is 4.79 Å². The molecule has 7 heteroatoms. The Morgan fingerprint density at radius 1 is 1.50 bits per heavy atom. The lowest BCUT2D eigenvalue weighted by molar-refractivity contribution is 0.0402. The molecular formula is C15H24N4O3. The summed E-state index contributed by atoms with van der Waals surface area (Å²) in [5, 5.41) is 7.57. The van der Waals surface area contributed by atoms with Gasteiger partial charge in [-0.3, -0.25) is 4.68 Å². The molecule has 1 aromatic rings. The standard InChI is InChI=1S/C15H24N4O3/c1-21-9-7-19-11-12-4-8-22-13(14(12)17-19)10-16-15(20)18-5-2-3-6-18/h11,13H,2-10H2,1H3,(H,16,20)/t13-/m1/s1. The van der Waals surface area contributed by atoms with E-state index in [1.807, 2.05) is 9.58 Å². The number of urea groups is 1. The number of nitrogens with one attached hydrogen (secondary N) is 1. The SMILES string of the molecule is COCCn1cc2c(n1)[C@@H](CNC(=O)N1CCCC1)OCC2. The maximum atomic E-state index is 12.1. The zero-order chi connectivity index (χ0) is 15.4. The van der Waals surface area contributed by atoms with Gasteiger partial charge in [0.05, 0.1) is 32.0 Å². The summed E-state index contributed by atoms with van der Waals surface area (Å²) in [5.41, 5.74) is 2.16. The molecule has 1 saturated heterocycles. The number of fused-ring (bicyclic) bond motifs is 1. The van der Waals surface area contributed by atoms with Gasteiger partial charge in [0.25, 0.3) is 0 Å². The zero-order valence-electron chi connectivity index (χ0n) is 13.1. The Labute approximate surface area is 130 Å². The van der Waals surface area contributed by atoms with Gasteiger partial charge in [0.2, 0.25) is 0 Å². The summed E-state index contributed by atoms with van der Waals surface area (Å²) in [6.07, 6.45) is 4.98. The fourth-order valence-corrected chi connectivity index (χ4v) is 3.00. The Hall–Kier alpha value is -1.60. The summed E-state index contributed by atoms with van der Waals surface area (Å²) in [7, 11) is 1.68.